The number of halogens is 2. The van der Waals surface area contributed by atoms with E-state index in [0.717, 1.165) is 37.1 Å². The van der Waals surface area contributed by atoms with Gasteiger partial charge in [-0.2, -0.15) is 5.10 Å². The molecule has 0 atom stereocenters. The quantitative estimate of drug-likeness (QED) is 0.730. The molecule has 0 aliphatic heterocycles. The van der Waals surface area contributed by atoms with Crippen LogP contribution >= 0.6 is 24.8 Å². The molecule has 2 N–H and O–H groups in total. The molecule has 2 aromatic rings. The fourth-order valence-electron chi connectivity index (χ4n) is 3.42. The Kier molecular flexibility index (Phi) is 9.94. The maximum atomic E-state index is 4.80. The lowest BCUT2D eigenvalue weighted by Gasteiger charge is -2.22. The van der Waals surface area contributed by atoms with Gasteiger partial charge in [0.05, 0.1) is 5.69 Å². The topological polar surface area (TPSA) is 41.9 Å². The summed E-state index contributed by atoms with van der Waals surface area (Å²) in [4.78, 5) is 0. The highest BCUT2D eigenvalue weighted by atomic mass is 35.5. The normalized spacial score (nSPS) is 14.4. The summed E-state index contributed by atoms with van der Waals surface area (Å²) in [5.41, 5.74) is 2.41. The molecule has 0 radical (unpaired) electrons. The number of rotatable bonds is 7. The van der Waals surface area contributed by atoms with Crippen LogP contribution < -0.4 is 10.6 Å². The zero-order valence-electron chi connectivity index (χ0n) is 14.9. The fraction of sp³-hybridized carbons (Fsp3) is 0.526. The molecule has 1 aliphatic carbocycles. The van der Waals surface area contributed by atoms with Gasteiger partial charge in [0.2, 0.25) is 0 Å². The van der Waals surface area contributed by atoms with Crippen molar-refractivity contribution in [3.63, 3.8) is 0 Å². The van der Waals surface area contributed by atoms with Crippen LogP contribution in [0.3, 0.4) is 0 Å². The van der Waals surface area contributed by atoms with Crippen molar-refractivity contribution in [2.45, 2.75) is 51.7 Å². The van der Waals surface area contributed by atoms with Crippen LogP contribution in [0.15, 0.2) is 36.4 Å². The van der Waals surface area contributed by atoms with Gasteiger partial charge in [0.25, 0.3) is 0 Å². The molecule has 1 aliphatic rings. The third-order valence-electron chi connectivity index (χ3n) is 4.66. The minimum absolute atomic E-state index is 0. The molecule has 0 unspecified atom stereocenters. The number of nitrogens with zero attached hydrogens (tertiary/aromatic N) is 2. The molecule has 4 nitrogen and oxygen atoms in total. The van der Waals surface area contributed by atoms with E-state index in [-0.39, 0.29) is 24.8 Å². The van der Waals surface area contributed by atoms with Gasteiger partial charge in [-0.15, -0.1) is 24.8 Å². The second-order valence-electron chi connectivity index (χ2n) is 6.58. The minimum Gasteiger partial charge on any atom is -0.366 e. The van der Waals surface area contributed by atoms with E-state index >= 15 is 0 Å². The zero-order chi connectivity index (χ0) is 15.9. The van der Waals surface area contributed by atoms with E-state index in [4.69, 9.17) is 5.10 Å². The van der Waals surface area contributed by atoms with E-state index < -0.39 is 0 Å². The summed E-state index contributed by atoms with van der Waals surface area (Å²) in [6.45, 7) is 2.70. The van der Waals surface area contributed by atoms with E-state index in [1.807, 2.05) is 7.05 Å². The Morgan fingerprint density at radius 3 is 2.44 bits per heavy atom. The van der Waals surface area contributed by atoms with Crippen molar-refractivity contribution in [1.82, 2.24) is 15.1 Å². The van der Waals surface area contributed by atoms with Gasteiger partial charge in [0.15, 0.2) is 0 Å². The van der Waals surface area contributed by atoms with Gasteiger partial charge in [-0.25, -0.2) is 4.68 Å². The maximum Gasteiger partial charge on any atom is 0.124 e. The highest BCUT2D eigenvalue weighted by Crippen LogP contribution is 2.26. The van der Waals surface area contributed by atoms with Crippen molar-refractivity contribution >= 4 is 30.6 Å². The van der Waals surface area contributed by atoms with Crippen molar-refractivity contribution in [2.75, 3.05) is 12.4 Å². The Bertz CT molecular complexity index is 595. The van der Waals surface area contributed by atoms with Crippen molar-refractivity contribution in [1.29, 1.82) is 0 Å². The first-order valence-electron chi connectivity index (χ1n) is 8.84. The van der Waals surface area contributed by atoms with Gasteiger partial charge in [-0.1, -0.05) is 49.6 Å². The van der Waals surface area contributed by atoms with Crippen LogP contribution in [0.2, 0.25) is 0 Å². The average Bonchev–Trinajstić information content (AvgIpc) is 2.97. The van der Waals surface area contributed by atoms with Gasteiger partial charge in [0.1, 0.15) is 5.82 Å². The van der Waals surface area contributed by atoms with Gasteiger partial charge in [0, 0.05) is 25.7 Å². The third kappa shape index (κ3) is 6.53. The van der Waals surface area contributed by atoms with Crippen molar-refractivity contribution in [3.8, 4) is 0 Å². The smallest absolute Gasteiger partial charge is 0.124 e. The Morgan fingerprint density at radius 2 is 1.76 bits per heavy atom. The molecule has 0 spiro atoms. The number of hydrogen-bond donors (Lipinski definition) is 2. The molecule has 140 valence electrons. The van der Waals surface area contributed by atoms with E-state index in [1.165, 1.54) is 37.7 Å². The molecule has 1 heterocycles. The summed E-state index contributed by atoms with van der Waals surface area (Å²) in [7, 11) is 1.97. The number of aromatic nitrogens is 2. The molecule has 1 saturated carbocycles. The molecule has 0 amide bonds. The van der Waals surface area contributed by atoms with E-state index in [1.54, 1.807) is 0 Å². The molecule has 0 saturated heterocycles. The Balaban J connectivity index is 0.00000156. The standard InChI is InChI=1S/C19H28N4.2ClH/c1-20-14-18-12-19(21-13-16-8-4-2-5-9-16)23(22-18)15-17-10-6-3-7-11-17;;/h2,4-5,8-9,12,17,20-21H,3,6-7,10-11,13-15H2,1H3;2*1H. The van der Waals surface area contributed by atoms with Crippen LogP contribution in [0.4, 0.5) is 5.82 Å². The molecule has 1 aromatic carbocycles. The number of hydrogen-bond acceptors (Lipinski definition) is 3. The van der Waals surface area contributed by atoms with E-state index in [2.05, 4.69) is 51.7 Å². The lowest BCUT2D eigenvalue weighted by molar-refractivity contribution is 0.309. The lowest BCUT2D eigenvalue weighted by Crippen LogP contribution is -2.17. The highest BCUT2D eigenvalue weighted by Gasteiger charge is 2.16. The minimum atomic E-state index is 0. The number of nitrogens with one attached hydrogen (secondary N) is 2. The van der Waals surface area contributed by atoms with Crippen molar-refractivity contribution < 1.29 is 0 Å². The van der Waals surface area contributed by atoms with Crippen molar-refractivity contribution in [3.05, 3.63) is 47.7 Å². The van der Waals surface area contributed by atoms with Gasteiger partial charge < -0.3 is 10.6 Å². The van der Waals surface area contributed by atoms with E-state index in [0.29, 0.717) is 0 Å². The predicted molar refractivity (Wildman–Crippen MR) is 110 cm³/mol. The highest BCUT2D eigenvalue weighted by molar-refractivity contribution is 5.85. The summed E-state index contributed by atoms with van der Waals surface area (Å²) in [5.74, 6) is 1.92. The predicted octanol–water partition coefficient (Wildman–Crippen LogP) is 4.64. The van der Waals surface area contributed by atoms with Crippen LogP contribution in [0.25, 0.3) is 0 Å². The van der Waals surface area contributed by atoms with Crippen molar-refractivity contribution in [2.24, 2.45) is 5.92 Å². The Labute approximate surface area is 163 Å². The van der Waals surface area contributed by atoms with Crippen LogP contribution in [-0.4, -0.2) is 16.8 Å². The molecule has 0 bridgehead atoms. The molecule has 1 fully saturated rings. The van der Waals surface area contributed by atoms with Crippen LogP contribution in [-0.2, 0) is 19.6 Å². The zero-order valence-corrected chi connectivity index (χ0v) is 16.5. The monoisotopic (exact) mass is 384 g/mol. The first kappa shape index (κ1) is 21.8. The summed E-state index contributed by atoms with van der Waals surface area (Å²) in [6, 6.07) is 12.7. The van der Waals surface area contributed by atoms with E-state index in [9.17, 15) is 0 Å². The number of anilines is 1. The second kappa shape index (κ2) is 11.4. The fourth-order valence-corrected chi connectivity index (χ4v) is 3.42. The third-order valence-corrected chi connectivity index (χ3v) is 4.66. The molecule has 3 rings (SSSR count). The summed E-state index contributed by atoms with van der Waals surface area (Å²) < 4.78 is 2.19. The van der Waals surface area contributed by atoms with Gasteiger partial charge in [-0.05, 0) is 31.4 Å². The first-order chi connectivity index (χ1) is 11.3. The average molecular weight is 385 g/mol. The summed E-state index contributed by atoms with van der Waals surface area (Å²) in [5, 5.41) is 11.6. The molecule has 25 heavy (non-hydrogen) atoms. The first-order valence-corrected chi connectivity index (χ1v) is 8.84. The SMILES string of the molecule is CNCc1cc(NCc2ccccc2)n(CC2CCCCC2)n1.Cl.Cl. The lowest BCUT2D eigenvalue weighted by atomic mass is 9.89. The molecular weight excluding hydrogens is 355 g/mol. The van der Waals surface area contributed by atoms with Crippen LogP contribution in [0.5, 0.6) is 0 Å². The Morgan fingerprint density at radius 1 is 1.04 bits per heavy atom. The molecule has 1 aromatic heterocycles. The van der Waals surface area contributed by atoms with Crippen LogP contribution in [0, 0.1) is 5.92 Å². The maximum absolute atomic E-state index is 4.80. The summed E-state index contributed by atoms with van der Waals surface area (Å²) in [6.07, 6.45) is 6.85. The van der Waals surface area contributed by atoms with Gasteiger partial charge >= 0.3 is 0 Å². The molecule has 6 heteroatoms. The second-order valence-corrected chi connectivity index (χ2v) is 6.58. The van der Waals surface area contributed by atoms with Gasteiger partial charge in [-0.3, -0.25) is 0 Å². The number of benzene rings is 1. The summed E-state index contributed by atoms with van der Waals surface area (Å²) >= 11 is 0. The largest absolute Gasteiger partial charge is 0.366 e. The van der Waals surface area contributed by atoms with Crippen LogP contribution in [0.1, 0.15) is 43.4 Å². The molecular formula is C19H30Cl2N4. The Hall–Kier alpha value is -1.23.